The minimum absolute atomic E-state index is 0.172. The third kappa shape index (κ3) is 1.37. The van der Waals surface area contributed by atoms with Gasteiger partial charge in [-0.15, -0.1) is 0 Å². The largest absolute Gasteiger partial charge is 0.476 e. The molecule has 0 saturated carbocycles. The second-order valence-electron chi connectivity index (χ2n) is 3.11. The molecule has 0 fully saturated rings. The third-order valence-corrected chi connectivity index (χ3v) is 1.88. The van der Waals surface area contributed by atoms with Crippen molar-refractivity contribution in [1.82, 2.24) is 15.1 Å². The summed E-state index contributed by atoms with van der Waals surface area (Å²) in [4.78, 5) is 20.3. The van der Waals surface area contributed by atoms with Crippen LogP contribution in [0.1, 0.15) is 10.5 Å². The van der Waals surface area contributed by atoms with E-state index < -0.39 is 5.97 Å². The van der Waals surface area contributed by atoms with Crippen LogP contribution in [-0.4, -0.2) is 40.3 Å². The van der Waals surface area contributed by atoms with Crippen molar-refractivity contribution in [3.63, 3.8) is 0 Å². The molecule has 0 aliphatic heterocycles. The molecule has 0 bridgehead atoms. The molecule has 2 heterocycles. The number of anilines is 1. The van der Waals surface area contributed by atoms with Gasteiger partial charge in [-0.05, 0) is 0 Å². The molecule has 2 aromatic rings. The van der Waals surface area contributed by atoms with Gasteiger partial charge in [-0.25, -0.2) is 9.78 Å². The number of hydrogen-bond donors (Lipinski definition) is 1. The van der Waals surface area contributed by atoms with Crippen LogP contribution >= 0.6 is 0 Å². The zero-order valence-electron chi connectivity index (χ0n) is 8.13. The van der Waals surface area contributed by atoms with Gasteiger partial charge in [0.15, 0.2) is 0 Å². The van der Waals surface area contributed by atoms with Crippen molar-refractivity contribution in [2.75, 3.05) is 19.0 Å². The van der Waals surface area contributed by atoms with Crippen LogP contribution in [0.2, 0.25) is 0 Å². The first-order chi connectivity index (χ1) is 7.11. The molecular weight excluding hydrogens is 200 g/mol. The number of carboxylic acids is 1. The monoisotopic (exact) mass is 208 g/mol. The first-order valence-electron chi connectivity index (χ1n) is 4.12. The standard InChI is InChI=1S/C8H8N4O3/c1-12(2)6-4-5(8(13)14)11-15-7(4)10-3-9-6/h3H,1-2H3,(H,13,14). The Hall–Kier alpha value is -2.18. The summed E-state index contributed by atoms with van der Waals surface area (Å²) in [5.41, 5.74) is 0.000370. The summed E-state index contributed by atoms with van der Waals surface area (Å²) in [6.07, 6.45) is 1.30. The quantitative estimate of drug-likeness (QED) is 0.762. The molecule has 0 radical (unpaired) electrons. The van der Waals surface area contributed by atoms with E-state index >= 15 is 0 Å². The van der Waals surface area contributed by atoms with Crippen LogP contribution in [-0.2, 0) is 0 Å². The summed E-state index contributed by atoms with van der Waals surface area (Å²) in [5, 5.41) is 12.6. The highest BCUT2D eigenvalue weighted by Gasteiger charge is 2.20. The SMILES string of the molecule is CN(C)c1ncnc2onc(C(=O)O)c12. The summed E-state index contributed by atoms with van der Waals surface area (Å²) in [5.74, 6) is -0.690. The zero-order valence-corrected chi connectivity index (χ0v) is 8.13. The molecule has 1 N–H and O–H groups in total. The summed E-state index contributed by atoms with van der Waals surface area (Å²) in [6.45, 7) is 0. The normalized spacial score (nSPS) is 10.5. The fourth-order valence-electron chi connectivity index (χ4n) is 1.26. The van der Waals surface area contributed by atoms with E-state index in [1.54, 1.807) is 19.0 Å². The molecule has 0 spiro atoms. The van der Waals surface area contributed by atoms with E-state index in [1.807, 2.05) is 0 Å². The molecule has 7 heteroatoms. The number of rotatable bonds is 2. The highest BCUT2D eigenvalue weighted by molar-refractivity contribution is 6.03. The summed E-state index contributed by atoms with van der Waals surface area (Å²) in [7, 11) is 3.50. The molecule has 0 atom stereocenters. The third-order valence-electron chi connectivity index (χ3n) is 1.88. The van der Waals surface area contributed by atoms with Gasteiger partial charge in [0.2, 0.25) is 5.69 Å². The van der Waals surface area contributed by atoms with Crippen LogP contribution in [0.5, 0.6) is 0 Å². The lowest BCUT2D eigenvalue weighted by Crippen LogP contribution is -2.12. The predicted molar refractivity (Wildman–Crippen MR) is 50.9 cm³/mol. The average Bonchev–Trinajstić information content (AvgIpc) is 2.60. The van der Waals surface area contributed by atoms with Crippen LogP contribution in [0.25, 0.3) is 11.1 Å². The molecule has 0 amide bonds. The van der Waals surface area contributed by atoms with E-state index in [0.717, 1.165) is 0 Å². The highest BCUT2D eigenvalue weighted by Crippen LogP contribution is 2.24. The first-order valence-corrected chi connectivity index (χ1v) is 4.12. The molecule has 0 aliphatic carbocycles. The lowest BCUT2D eigenvalue weighted by Gasteiger charge is -2.10. The smallest absolute Gasteiger partial charge is 0.358 e. The van der Waals surface area contributed by atoms with Crippen LogP contribution in [0.3, 0.4) is 0 Å². The Morgan fingerprint density at radius 3 is 2.80 bits per heavy atom. The Morgan fingerprint density at radius 2 is 2.20 bits per heavy atom. The van der Waals surface area contributed by atoms with E-state index in [2.05, 4.69) is 15.1 Å². The summed E-state index contributed by atoms with van der Waals surface area (Å²) in [6, 6.07) is 0. The Bertz CT molecular complexity index is 520. The first kappa shape index (κ1) is 9.38. The highest BCUT2D eigenvalue weighted by atomic mass is 16.5. The molecule has 0 saturated heterocycles. The van der Waals surface area contributed by atoms with Gasteiger partial charge >= 0.3 is 5.97 Å². The van der Waals surface area contributed by atoms with Crippen molar-refractivity contribution in [2.45, 2.75) is 0 Å². The molecule has 2 rings (SSSR count). The molecule has 0 aliphatic rings. The summed E-state index contributed by atoms with van der Waals surface area (Å²) >= 11 is 0. The van der Waals surface area contributed by atoms with E-state index in [1.165, 1.54) is 6.33 Å². The number of hydrogen-bond acceptors (Lipinski definition) is 6. The minimum Gasteiger partial charge on any atom is -0.476 e. The van der Waals surface area contributed by atoms with Crippen molar-refractivity contribution in [2.24, 2.45) is 0 Å². The minimum atomic E-state index is -1.16. The van der Waals surface area contributed by atoms with Gasteiger partial charge in [0.05, 0.1) is 0 Å². The van der Waals surface area contributed by atoms with Gasteiger partial charge in [0.25, 0.3) is 5.71 Å². The lowest BCUT2D eigenvalue weighted by atomic mass is 10.3. The molecule has 78 valence electrons. The van der Waals surface area contributed by atoms with Crippen LogP contribution in [0.15, 0.2) is 10.9 Å². The van der Waals surface area contributed by atoms with E-state index in [4.69, 9.17) is 9.63 Å². The van der Waals surface area contributed by atoms with Crippen LogP contribution < -0.4 is 4.90 Å². The van der Waals surface area contributed by atoms with E-state index in [-0.39, 0.29) is 11.4 Å². The molecule has 2 aromatic heterocycles. The second-order valence-corrected chi connectivity index (χ2v) is 3.11. The zero-order chi connectivity index (χ0) is 11.0. The Labute approximate surface area is 84.3 Å². The average molecular weight is 208 g/mol. The molecule has 7 nitrogen and oxygen atoms in total. The van der Waals surface area contributed by atoms with Crippen LogP contribution in [0, 0.1) is 0 Å². The molecule has 15 heavy (non-hydrogen) atoms. The molecule has 0 aromatic carbocycles. The maximum absolute atomic E-state index is 10.9. The Morgan fingerprint density at radius 1 is 1.47 bits per heavy atom. The van der Waals surface area contributed by atoms with Gasteiger partial charge in [-0.2, -0.15) is 4.98 Å². The maximum Gasteiger partial charge on any atom is 0.358 e. The Balaban J connectivity index is 2.80. The number of carbonyl (C=O) groups is 1. The number of nitrogens with zero attached hydrogens (tertiary/aromatic N) is 4. The van der Waals surface area contributed by atoms with E-state index in [0.29, 0.717) is 11.2 Å². The number of carboxylic acid groups (broad SMARTS) is 1. The second kappa shape index (κ2) is 3.19. The van der Waals surface area contributed by atoms with Gasteiger partial charge in [-0.3, -0.25) is 0 Å². The molecule has 0 unspecified atom stereocenters. The van der Waals surface area contributed by atoms with Crippen molar-refractivity contribution in [1.29, 1.82) is 0 Å². The fourth-order valence-corrected chi connectivity index (χ4v) is 1.26. The lowest BCUT2D eigenvalue weighted by molar-refractivity contribution is 0.0688. The van der Waals surface area contributed by atoms with Crippen LogP contribution in [0.4, 0.5) is 5.82 Å². The van der Waals surface area contributed by atoms with Gasteiger partial charge in [0, 0.05) is 14.1 Å². The number of fused-ring (bicyclic) bond motifs is 1. The topological polar surface area (TPSA) is 92.4 Å². The number of aromatic carboxylic acids is 1. The van der Waals surface area contributed by atoms with Crippen molar-refractivity contribution in [3.05, 3.63) is 12.0 Å². The van der Waals surface area contributed by atoms with Crippen molar-refractivity contribution < 1.29 is 14.4 Å². The summed E-state index contributed by atoms with van der Waals surface area (Å²) < 4.78 is 4.79. The van der Waals surface area contributed by atoms with Gasteiger partial charge in [0.1, 0.15) is 17.5 Å². The van der Waals surface area contributed by atoms with Crippen molar-refractivity contribution >= 4 is 22.9 Å². The fraction of sp³-hybridized carbons (Fsp3) is 0.250. The Kier molecular flexibility index (Phi) is 2.00. The van der Waals surface area contributed by atoms with Gasteiger partial charge < -0.3 is 14.5 Å². The molecular formula is C8H8N4O3. The van der Waals surface area contributed by atoms with Crippen molar-refractivity contribution in [3.8, 4) is 0 Å². The predicted octanol–water partition coefficient (Wildman–Crippen LogP) is 0.382. The van der Waals surface area contributed by atoms with E-state index in [9.17, 15) is 4.79 Å². The van der Waals surface area contributed by atoms with Gasteiger partial charge in [-0.1, -0.05) is 5.16 Å². The maximum atomic E-state index is 10.9. The number of aromatic nitrogens is 3.